The van der Waals surface area contributed by atoms with Crippen molar-refractivity contribution >= 4 is 53.2 Å². The van der Waals surface area contributed by atoms with Crippen molar-refractivity contribution in [2.24, 2.45) is 29.2 Å². The van der Waals surface area contributed by atoms with Crippen LogP contribution >= 0.6 is 0 Å². The van der Waals surface area contributed by atoms with Gasteiger partial charge in [-0.1, -0.05) is 41.5 Å². The van der Waals surface area contributed by atoms with Gasteiger partial charge in [0, 0.05) is 13.0 Å². The number of hydrogen-bond donors (Lipinski definition) is 9. The fraction of sp³-hybridized carbons (Fsp3) is 0.727. The average Bonchev–Trinajstić information content (AvgIpc) is 3.55. The topological polar surface area (TPSA) is 301 Å². The van der Waals surface area contributed by atoms with Crippen LogP contribution in [-0.4, -0.2) is 120 Å². The minimum atomic E-state index is -1.31. The SMILES string of the molecule is CC(C)C[C@H](NC(=O)CNC(=O)CN)C(=O)N[C@@H](CC(C)C)C(=O)N[C@H](C(=O)N[C@@H](CCC(N)=O)C(=O)N1CCC[C@H]1C(=O)NCC(=O)O)C(C)C. The zero-order valence-corrected chi connectivity index (χ0v) is 30.9. The van der Waals surface area contributed by atoms with Gasteiger partial charge in [-0.15, -0.1) is 0 Å². The van der Waals surface area contributed by atoms with Crippen molar-refractivity contribution in [3.8, 4) is 0 Å². The predicted octanol–water partition coefficient (Wildman–Crippen LogP) is -2.79. The van der Waals surface area contributed by atoms with Gasteiger partial charge in [0.1, 0.15) is 36.8 Å². The van der Waals surface area contributed by atoms with Crippen molar-refractivity contribution in [2.75, 3.05) is 26.2 Å². The van der Waals surface area contributed by atoms with Crippen molar-refractivity contribution in [1.82, 2.24) is 36.8 Å². The summed E-state index contributed by atoms with van der Waals surface area (Å²) in [6.07, 6.45) is 0.592. The van der Waals surface area contributed by atoms with Crippen LogP contribution in [0.2, 0.25) is 0 Å². The Balaban J connectivity index is 3.21. The monoisotopic (exact) mass is 739 g/mol. The molecule has 19 nitrogen and oxygen atoms in total. The number of hydrogen-bond acceptors (Lipinski definition) is 10. The summed E-state index contributed by atoms with van der Waals surface area (Å²) in [6.45, 7) is 9.43. The number of amides is 8. The molecule has 0 spiro atoms. The van der Waals surface area contributed by atoms with Crippen LogP contribution < -0.4 is 43.4 Å². The van der Waals surface area contributed by atoms with E-state index in [0.29, 0.717) is 6.42 Å². The van der Waals surface area contributed by atoms with Gasteiger partial charge in [0.05, 0.1) is 13.1 Å². The lowest BCUT2D eigenvalue weighted by Crippen LogP contribution is -2.60. The Morgan fingerprint density at radius 1 is 0.731 bits per heavy atom. The average molecular weight is 740 g/mol. The Kier molecular flexibility index (Phi) is 19.3. The molecule has 1 aliphatic heterocycles. The lowest BCUT2D eigenvalue weighted by molar-refractivity contribution is -0.143. The van der Waals surface area contributed by atoms with Crippen molar-refractivity contribution in [3.63, 3.8) is 0 Å². The zero-order valence-electron chi connectivity index (χ0n) is 30.9. The van der Waals surface area contributed by atoms with Crippen LogP contribution in [0.15, 0.2) is 0 Å². The smallest absolute Gasteiger partial charge is 0.322 e. The number of carboxylic acids is 1. The third kappa shape index (κ3) is 16.0. The van der Waals surface area contributed by atoms with E-state index >= 15 is 0 Å². The number of rotatable bonds is 22. The van der Waals surface area contributed by atoms with E-state index in [-0.39, 0.29) is 57.0 Å². The summed E-state index contributed by atoms with van der Waals surface area (Å²) in [5.41, 5.74) is 10.6. The second kappa shape index (κ2) is 22.2. The maximum atomic E-state index is 13.7. The fourth-order valence-corrected chi connectivity index (χ4v) is 5.55. The van der Waals surface area contributed by atoms with E-state index in [0.717, 1.165) is 0 Å². The summed E-state index contributed by atoms with van der Waals surface area (Å²) in [4.78, 5) is 115. The van der Waals surface area contributed by atoms with Gasteiger partial charge in [0.15, 0.2) is 0 Å². The second-order valence-corrected chi connectivity index (χ2v) is 14.0. The molecule has 5 atom stereocenters. The number of likely N-dealkylation sites (tertiary alicyclic amines) is 1. The molecule has 8 amide bonds. The van der Waals surface area contributed by atoms with Gasteiger partial charge < -0.3 is 53.4 Å². The highest BCUT2D eigenvalue weighted by Gasteiger charge is 2.39. The van der Waals surface area contributed by atoms with E-state index in [1.165, 1.54) is 4.90 Å². The Bertz CT molecular complexity index is 1310. The Morgan fingerprint density at radius 2 is 1.29 bits per heavy atom. The van der Waals surface area contributed by atoms with Crippen LogP contribution in [0.4, 0.5) is 0 Å². The Hall–Kier alpha value is -4.81. The van der Waals surface area contributed by atoms with Crippen LogP contribution in [0.1, 0.15) is 80.1 Å². The zero-order chi connectivity index (χ0) is 39.7. The number of nitrogens with zero attached hydrogens (tertiary/aromatic N) is 1. The third-order valence-electron chi connectivity index (χ3n) is 8.12. The minimum absolute atomic E-state index is 0.0405. The van der Waals surface area contributed by atoms with Crippen LogP contribution in [0.5, 0.6) is 0 Å². The van der Waals surface area contributed by atoms with Crippen molar-refractivity contribution in [2.45, 2.75) is 110 Å². The van der Waals surface area contributed by atoms with Gasteiger partial charge in [0.25, 0.3) is 0 Å². The number of nitrogens with two attached hydrogens (primary N) is 2. The first kappa shape index (κ1) is 45.2. The van der Waals surface area contributed by atoms with Gasteiger partial charge in [-0.2, -0.15) is 0 Å². The molecule has 0 aromatic carbocycles. The van der Waals surface area contributed by atoms with Gasteiger partial charge in [0.2, 0.25) is 47.3 Å². The van der Waals surface area contributed by atoms with E-state index in [2.05, 4.69) is 31.9 Å². The quantitative estimate of drug-likeness (QED) is 0.0547. The van der Waals surface area contributed by atoms with Crippen molar-refractivity contribution in [1.29, 1.82) is 0 Å². The van der Waals surface area contributed by atoms with Crippen LogP contribution in [0.3, 0.4) is 0 Å². The molecular formula is C33H57N9O10. The van der Waals surface area contributed by atoms with Gasteiger partial charge in [-0.05, 0) is 49.9 Å². The number of carbonyl (C=O) groups is 9. The molecule has 0 unspecified atom stereocenters. The lowest BCUT2D eigenvalue weighted by atomic mass is 9.98. The molecular weight excluding hydrogens is 682 g/mol. The lowest BCUT2D eigenvalue weighted by Gasteiger charge is -2.31. The molecule has 1 fully saturated rings. The number of primary amides is 1. The highest BCUT2D eigenvalue weighted by molar-refractivity contribution is 5.97. The number of carbonyl (C=O) groups excluding carboxylic acids is 8. The summed E-state index contributed by atoms with van der Waals surface area (Å²) in [6, 6.07) is -5.70. The van der Waals surface area contributed by atoms with E-state index in [1.807, 2.05) is 27.7 Å². The molecule has 1 saturated heterocycles. The molecule has 0 aromatic rings. The normalized spacial score (nSPS) is 16.3. The molecule has 19 heteroatoms. The van der Waals surface area contributed by atoms with Gasteiger partial charge in [-0.25, -0.2) is 0 Å². The molecule has 294 valence electrons. The first-order valence-electron chi connectivity index (χ1n) is 17.5. The first-order chi connectivity index (χ1) is 24.3. The number of carboxylic acid groups (broad SMARTS) is 1. The molecule has 0 radical (unpaired) electrons. The minimum Gasteiger partial charge on any atom is -0.480 e. The third-order valence-corrected chi connectivity index (χ3v) is 8.12. The van der Waals surface area contributed by atoms with Crippen LogP contribution in [0, 0.1) is 17.8 Å². The molecule has 0 aliphatic carbocycles. The standard InChI is InChI=1S/C33H57N9O10/c1-17(2)12-21(38-26(45)15-36-25(44)14-34)29(48)40-22(13-18(3)4)30(49)41-28(19(5)6)32(51)39-20(9-10-24(35)43)33(52)42-11-7-8-23(42)31(50)37-16-27(46)47/h17-23,28H,7-16,34H2,1-6H3,(H2,35,43)(H,36,44)(H,37,50)(H,38,45)(H,39,51)(H,40,48)(H,41,49)(H,46,47)/t20-,21-,22-,23-,28-/m0/s1. The summed E-state index contributed by atoms with van der Waals surface area (Å²) in [5, 5.41) is 24.1. The van der Waals surface area contributed by atoms with Gasteiger partial charge in [-0.3, -0.25) is 43.2 Å². The number of aliphatic carboxylic acids is 1. The summed E-state index contributed by atoms with van der Waals surface area (Å²) < 4.78 is 0. The van der Waals surface area contributed by atoms with E-state index < -0.39 is 102 Å². The maximum Gasteiger partial charge on any atom is 0.322 e. The highest BCUT2D eigenvalue weighted by atomic mass is 16.4. The largest absolute Gasteiger partial charge is 0.480 e. The van der Waals surface area contributed by atoms with E-state index in [9.17, 15) is 43.2 Å². The molecule has 11 N–H and O–H groups in total. The highest BCUT2D eigenvalue weighted by Crippen LogP contribution is 2.20. The molecule has 0 aromatic heterocycles. The molecule has 0 bridgehead atoms. The van der Waals surface area contributed by atoms with Crippen LogP contribution in [0.25, 0.3) is 0 Å². The fourth-order valence-electron chi connectivity index (χ4n) is 5.55. The maximum absolute atomic E-state index is 13.7. The van der Waals surface area contributed by atoms with Crippen molar-refractivity contribution < 1.29 is 48.3 Å². The first-order valence-corrected chi connectivity index (χ1v) is 17.5. The number of nitrogens with one attached hydrogen (secondary N) is 6. The van der Waals surface area contributed by atoms with Crippen molar-refractivity contribution in [3.05, 3.63) is 0 Å². The molecule has 1 aliphatic rings. The van der Waals surface area contributed by atoms with Gasteiger partial charge >= 0.3 is 5.97 Å². The second-order valence-electron chi connectivity index (χ2n) is 14.0. The summed E-state index contributed by atoms with van der Waals surface area (Å²) in [7, 11) is 0. The summed E-state index contributed by atoms with van der Waals surface area (Å²) in [5.74, 6) is -7.32. The van der Waals surface area contributed by atoms with E-state index in [4.69, 9.17) is 16.6 Å². The predicted molar refractivity (Wildman–Crippen MR) is 187 cm³/mol. The molecule has 0 saturated carbocycles. The summed E-state index contributed by atoms with van der Waals surface area (Å²) >= 11 is 0. The molecule has 1 heterocycles. The molecule has 1 rings (SSSR count). The Morgan fingerprint density at radius 3 is 1.81 bits per heavy atom. The van der Waals surface area contributed by atoms with Crippen LogP contribution in [-0.2, 0) is 43.2 Å². The Labute approximate surface area is 303 Å². The molecule has 52 heavy (non-hydrogen) atoms. The van der Waals surface area contributed by atoms with E-state index in [1.54, 1.807) is 13.8 Å².